The van der Waals surface area contributed by atoms with E-state index in [1.807, 2.05) is 12.4 Å². The van der Waals surface area contributed by atoms with Crippen LogP contribution in [0, 0.1) is 0 Å². The smallest absolute Gasteiger partial charge is 0.122 e. The summed E-state index contributed by atoms with van der Waals surface area (Å²) >= 11 is 0. The first-order valence-corrected chi connectivity index (χ1v) is 6.12. The van der Waals surface area contributed by atoms with E-state index in [1.165, 1.54) is 16.5 Å². The Labute approximate surface area is 105 Å². The van der Waals surface area contributed by atoms with E-state index in [9.17, 15) is 0 Å². The van der Waals surface area contributed by atoms with Crippen molar-refractivity contribution in [3.8, 4) is 0 Å². The number of aromatic nitrogens is 3. The molecule has 0 bridgehead atoms. The number of aromatic amines is 2. The van der Waals surface area contributed by atoms with Crippen molar-refractivity contribution in [1.82, 2.24) is 20.3 Å². The van der Waals surface area contributed by atoms with Crippen LogP contribution < -0.4 is 5.32 Å². The van der Waals surface area contributed by atoms with Gasteiger partial charge in [0.25, 0.3) is 0 Å². The van der Waals surface area contributed by atoms with Gasteiger partial charge in [0.05, 0.1) is 6.04 Å². The molecule has 0 saturated heterocycles. The van der Waals surface area contributed by atoms with Gasteiger partial charge in [-0.05, 0) is 23.9 Å². The molecule has 2 aromatic heterocycles. The molecule has 0 aliphatic carbocycles. The van der Waals surface area contributed by atoms with Gasteiger partial charge in [0.2, 0.25) is 0 Å². The number of H-pyrrole nitrogens is 2. The van der Waals surface area contributed by atoms with Crippen molar-refractivity contribution >= 4 is 10.9 Å². The number of rotatable bonds is 4. The molecule has 92 valence electrons. The molecule has 3 rings (SSSR count). The van der Waals surface area contributed by atoms with E-state index in [4.69, 9.17) is 0 Å². The zero-order valence-corrected chi connectivity index (χ0v) is 10.3. The minimum Gasteiger partial charge on any atom is -0.361 e. The highest BCUT2D eigenvalue weighted by atomic mass is 15.0. The third-order valence-corrected chi connectivity index (χ3v) is 3.20. The monoisotopic (exact) mass is 240 g/mol. The summed E-state index contributed by atoms with van der Waals surface area (Å²) in [5, 5.41) is 4.72. The summed E-state index contributed by atoms with van der Waals surface area (Å²) in [6.07, 6.45) is 5.60. The summed E-state index contributed by atoms with van der Waals surface area (Å²) < 4.78 is 0. The van der Waals surface area contributed by atoms with Crippen molar-refractivity contribution in [2.24, 2.45) is 0 Å². The lowest BCUT2D eigenvalue weighted by Crippen LogP contribution is -2.19. The molecule has 1 aromatic carbocycles. The van der Waals surface area contributed by atoms with Crippen LogP contribution in [0.1, 0.15) is 24.4 Å². The van der Waals surface area contributed by atoms with Crippen LogP contribution in [0.2, 0.25) is 0 Å². The van der Waals surface area contributed by atoms with Gasteiger partial charge in [0.1, 0.15) is 5.82 Å². The largest absolute Gasteiger partial charge is 0.361 e. The van der Waals surface area contributed by atoms with Gasteiger partial charge in [-0.15, -0.1) is 0 Å². The molecular formula is C14H16N4. The van der Waals surface area contributed by atoms with Gasteiger partial charge in [0.15, 0.2) is 0 Å². The van der Waals surface area contributed by atoms with Crippen LogP contribution in [0.15, 0.2) is 42.9 Å². The van der Waals surface area contributed by atoms with Gasteiger partial charge < -0.3 is 15.3 Å². The maximum absolute atomic E-state index is 4.25. The number of nitrogens with one attached hydrogen (secondary N) is 3. The molecule has 0 amide bonds. The first-order valence-electron chi connectivity index (χ1n) is 6.12. The Bertz CT molecular complexity index is 624. The molecule has 18 heavy (non-hydrogen) atoms. The zero-order chi connectivity index (χ0) is 12.4. The van der Waals surface area contributed by atoms with E-state index in [-0.39, 0.29) is 6.04 Å². The molecule has 3 aromatic rings. The number of imidazole rings is 1. The molecule has 1 atom stereocenters. The minimum absolute atomic E-state index is 0.213. The molecule has 0 aliphatic rings. The third kappa shape index (κ3) is 2.02. The second-order valence-corrected chi connectivity index (χ2v) is 4.44. The molecule has 4 nitrogen and oxygen atoms in total. The average molecular weight is 240 g/mol. The Hall–Kier alpha value is -2.07. The number of fused-ring (bicyclic) bond motifs is 1. The fraction of sp³-hybridized carbons (Fsp3) is 0.214. The van der Waals surface area contributed by atoms with Crippen LogP contribution in [-0.2, 0) is 6.54 Å². The van der Waals surface area contributed by atoms with Gasteiger partial charge in [-0.1, -0.05) is 18.2 Å². The molecule has 0 fully saturated rings. The van der Waals surface area contributed by atoms with Gasteiger partial charge in [0, 0.05) is 30.7 Å². The van der Waals surface area contributed by atoms with E-state index in [0.29, 0.717) is 0 Å². The van der Waals surface area contributed by atoms with Crippen molar-refractivity contribution < 1.29 is 0 Å². The second kappa shape index (κ2) is 4.66. The van der Waals surface area contributed by atoms with E-state index >= 15 is 0 Å². The molecule has 0 spiro atoms. The predicted molar refractivity (Wildman–Crippen MR) is 72.1 cm³/mol. The lowest BCUT2D eigenvalue weighted by Gasteiger charge is -2.12. The van der Waals surface area contributed by atoms with Crippen LogP contribution in [-0.4, -0.2) is 15.0 Å². The quantitative estimate of drug-likeness (QED) is 0.656. The van der Waals surface area contributed by atoms with Gasteiger partial charge in [-0.3, -0.25) is 0 Å². The van der Waals surface area contributed by atoms with Gasteiger partial charge >= 0.3 is 0 Å². The average Bonchev–Trinajstić information content (AvgIpc) is 3.05. The third-order valence-electron chi connectivity index (χ3n) is 3.20. The summed E-state index contributed by atoms with van der Waals surface area (Å²) in [6.45, 7) is 2.92. The zero-order valence-electron chi connectivity index (χ0n) is 10.3. The fourth-order valence-electron chi connectivity index (χ4n) is 2.17. The van der Waals surface area contributed by atoms with Gasteiger partial charge in [-0.2, -0.15) is 0 Å². The molecule has 3 N–H and O–H groups in total. The molecule has 0 aliphatic heterocycles. The van der Waals surface area contributed by atoms with Crippen LogP contribution in [0.5, 0.6) is 0 Å². The Morgan fingerprint density at radius 1 is 1.22 bits per heavy atom. The maximum atomic E-state index is 4.25. The van der Waals surface area contributed by atoms with Crippen LogP contribution in [0.3, 0.4) is 0 Å². The summed E-state index contributed by atoms with van der Waals surface area (Å²) in [5.41, 5.74) is 2.48. The highest BCUT2D eigenvalue weighted by Gasteiger charge is 2.08. The van der Waals surface area contributed by atoms with Crippen LogP contribution in [0.25, 0.3) is 10.9 Å². The van der Waals surface area contributed by atoms with E-state index in [2.05, 4.69) is 51.5 Å². The normalized spacial score (nSPS) is 12.9. The molecule has 0 radical (unpaired) electrons. The highest BCUT2D eigenvalue weighted by molar-refractivity contribution is 5.82. The van der Waals surface area contributed by atoms with Crippen molar-refractivity contribution in [2.45, 2.75) is 19.5 Å². The summed E-state index contributed by atoms with van der Waals surface area (Å²) in [5.74, 6) is 0.966. The van der Waals surface area contributed by atoms with Crippen molar-refractivity contribution in [1.29, 1.82) is 0 Å². The molecule has 2 heterocycles. The molecule has 1 unspecified atom stereocenters. The topological polar surface area (TPSA) is 56.5 Å². The van der Waals surface area contributed by atoms with Gasteiger partial charge in [-0.25, -0.2) is 4.98 Å². The first kappa shape index (κ1) is 11.0. The second-order valence-electron chi connectivity index (χ2n) is 4.44. The van der Waals surface area contributed by atoms with E-state index < -0.39 is 0 Å². The van der Waals surface area contributed by atoms with Crippen molar-refractivity contribution in [3.63, 3.8) is 0 Å². The Morgan fingerprint density at radius 2 is 2.17 bits per heavy atom. The Morgan fingerprint density at radius 3 is 3.00 bits per heavy atom. The summed E-state index contributed by atoms with van der Waals surface area (Å²) in [7, 11) is 0. The fourth-order valence-corrected chi connectivity index (χ4v) is 2.17. The predicted octanol–water partition coefficient (Wildman–Crippen LogP) is 2.74. The standard InChI is InChI=1S/C14H16N4/c1-10(14-16-7-8-17-14)18-9-12-4-2-3-11-5-6-15-13(11)12/h2-8,10,15,18H,9H2,1H3,(H,16,17). The molecule has 0 saturated carbocycles. The van der Waals surface area contributed by atoms with E-state index in [1.54, 1.807) is 6.20 Å². The minimum atomic E-state index is 0.213. The number of benzene rings is 1. The highest BCUT2D eigenvalue weighted by Crippen LogP contribution is 2.17. The Kier molecular flexibility index (Phi) is 2.86. The maximum Gasteiger partial charge on any atom is 0.122 e. The number of para-hydroxylation sites is 1. The summed E-state index contributed by atoms with van der Waals surface area (Å²) in [4.78, 5) is 10.7. The Balaban J connectivity index is 1.75. The first-order chi connectivity index (χ1) is 8.84. The van der Waals surface area contributed by atoms with Crippen LogP contribution in [0.4, 0.5) is 0 Å². The number of nitrogens with zero attached hydrogens (tertiary/aromatic N) is 1. The number of hydrogen-bond acceptors (Lipinski definition) is 2. The van der Waals surface area contributed by atoms with Crippen LogP contribution >= 0.6 is 0 Å². The van der Waals surface area contributed by atoms with E-state index in [0.717, 1.165) is 12.4 Å². The van der Waals surface area contributed by atoms with Crippen molar-refractivity contribution in [3.05, 3.63) is 54.2 Å². The van der Waals surface area contributed by atoms with Crippen molar-refractivity contribution in [2.75, 3.05) is 0 Å². The lowest BCUT2D eigenvalue weighted by atomic mass is 10.1. The molecular weight excluding hydrogens is 224 g/mol. The SMILES string of the molecule is CC(NCc1cccc2cc[nH]c12)c1ncc[nH]1. The number of hydrogen-bond donors (Lipinski definition) is 3. The molecule has 4 heteroatoms. The summed E-state index contributed by atoms with van der Waals surface area (Å²) in [6, 6.07) is 8.65. The lowest BCUT2D eigenvalue weighted by molar-refractivity contribution is 0.552.